The van der Waals surface area contributed by atoms with Crippen LogP contribution in [0.1, 0.15) is 29.5 Å². The van der Waals surface area contributed by atoms with Crippen molar-refractivity contribution in [2.75, 3.05) is 6.61 Å². The lowest BCUT2D eigenvalue weighted by Crippen LogP contribution is -2.18. The fourth-order valence-corrected chi connectivity index (χ4v) is 3.37. The number of para-hydroxylation sites is 1. The lowest BCUT2D eigenvalue weighted by atomic mass is 9.84. The van der Waals surface area contributed by atoms with E-state index in [2.05, 4.69) is 6.58 Å². The lowest BCUT2D eigenvalue weighted by molar-refractivity contribution is -0.138. The van der Waals surface area contributed by atoms with E-state index in [4.69, 9.17) is 20.8 Å². The third kappa shape index (κ3) is 4.23. The highest BCUT2D eigenvalue weighted by molar-refractivity contribution is 6.30. The Morgan fingerprint density at radius 3 is 2.59 bits per heavy atom. The maximum atomic E-state index is 12.4. The molecule has 3 aromatic rings. The number of benzene rings is 2. The van der Waals surface area contributed by atoms with E-state index in [-0.39, 0.29) is 24.2 Å². The molecular weight excluding hydrogens is 390 g/mol. The molecule has 1 aromatic heterocycles. The second-order valence-corrected chi connectivity index (χ2v) is 6.84. The second kappa shape index (κ2) is 8.76. The van der Waals surface area contributed by atoms with Crippen LogP contribution in [0.2, 0.25) is 5.02 Å². The molecule has 5 nitrogen and oxygen atoms in total. The highest BCUT2D eigenvalue weighted by atomic mass is 35.5. The summed E-state index contributed by atoms with van der Waals surface area (Å²) >= 11 is 6.00. The molecule has 0 unspecified atom stereocenters. The van der Waals surface area contributed by atoms with Gasteiger partial charge in [0.2, 0.25) is 0 Å². The zero-order valence-corrected chi connectivity index (χ0v) is 16.5. The van der Waals surface area contributed by atoms with Crippen molar-refractivity contribution in [3.05, 3.63) is 92.8 Å². The number of carbonyl (C=O) groups excluding carboxylic acids is 1. The first-order chi connectivity index (χ1) is 14.0. The summed E-state index contributed by atoms with van der Waals surface area (Å²) in [5.74, 6) is -1.04. The van der Waals surface area contributed by atoms with Crippen molar-refractivity contribution in [1.82, 2.24) is 0 Å². The molecule has 29 heavy (non-hydrogen) atoms. The molecule has 3 rings (SSSR count). The van der Waals surface area contributed by atoms with Crippen molar-refractivity contribution >= 4 is 28.5 Å². The number of nitrogens with zero attached hydrogens (tertiary/aromatic N) is 1. The molecule has 0 aliphatic rings. The summed E-state index contributed by atoms with van der Waals surface area (Å²) in [6.07, 6.45) is 0.203. The third-order valence-electron chi connectivity index (χ3n) is 4.67. The molecule has 0 aliphatic heterocycles. The van der Waals surface area contributed by atoms with Crippen molar-refractivity contribution in [2.45, 2.75) is 19.3 Å². The molecule has 6 heteroatoms. The number of halogens is 1. The normalized spacial score (nSPS) is 11.6. The van der Waals surface area contributed by atoms with E-state index in [1.54, 1.807) is 55.5 Å². The molecule has 0 saturated heterocycles. The zero-order chi connectivity index (χ0) is 21.0. The quantitative estimate of drug-likeness (QED) is 0.334. The van der Waals surface area contributed by atoms with Gasteiger partial charge in [-0.05, 0) is 42.7 Å². The van der Waals surface area contributed by atoms with E-state index >= 15 is 0 Å². The minimum atomic E-state index is -0.710. The molecule has 0 fully saturated rings. The fourth-order valence-electron chi connectivity index (χ4n) is 3.25. The summed E-state index contributed by atoms with van der Waals surface area (Å²) in [7, 11) is 0. The first-order valence-electron chi connectivity index (χ1n) is 9.02. The van der Waals surface area contributed by atoms with Crippen molar-refractivity contribution in [1.29, 1.82) is 5.26 Å². The van der Waals surface area contributed by atoms with Crippen LogP contribution in [0.4, 0.5) is 0 Å². The summed E-state index contributed by atoms with van der Waals surface area (Å²) in [4.78, 5) is 24.7. The monoisotopic (exact) mass is 407 g/mol. The Bertz CT molecular complexity index is 1170. The van der Waals surface area contributed by atoms with Crippen LogP contribution in [0, 0.1) is 11.3 Å². The minimum absolute atomic E-state index is 0.0840. The van der Waals surface area contributed by atoms with Gasteiger partial charge in [-0.25, -0.2) is 9.59 Å². The molecule has 1 heterocycles. The SMILES string of the molecule is C=C(C(=O)OCC)[C@H](Cc1c(C#N)c(=O)oc2ccccc12)c1ccc(Cl)cc1. The van der Waals surface area contributed by atoms with Gasteiger partial charge < -0.3 is 9.15 Å². The zero-order valence-electron chi connectivity index (χ0n) is 15.8. The van der Waals surface area contributed by atoms with Gasteiger partial charge in [0.1, 0.15) is 17.2 Å². The third-order valence-corrected chi connectivity index (χ3v) is 4.92. The van der Waals surface area contributed by atoms with Gasteiger partial charge >= 0.3 is 11.6 Å². The topological polar surface area (TPSA) is 80.3 Å². The number of ether oxygens (including phenoxy) is 1. The molecule has 0 spiro atoms. The van der Waals surface area contributed by atoms with Gasteiger partial charge in [-0.1, -0.05) is 48.5 Å². The number of esters is 1. The molecule has 0 saturated carbocycles. The number of fused-ring (bicyclic) bond motifs is 1. The van der Waals surface area contributed by atoms with Crippen LogP contribution in [0.25, 0.3) is 11.0 Å². The highest BCUT2D eigenvalue weighted by Crippen LogP contribution is 2.32. The maximum Gasteiger partial charge on any atom is 0.354 e. The van der Waals surface area contributed by atoms with Crippen LogP contribution in [0.3, 0.4) is 0 Å². The molecule has 0 radical (unpaired) electrons. The summed E-state index contributed by atoms with van der Waals surface area (Å²) in [5, 5.41) is 10.8. The molecule has 146 valence electrons. The summed E-state index contributed by atoms with van der Waals surface area (Å²) in [6, 6.07) is 15.9. The van der Waals surface area contributed by atoms with E-state index in [1.807, 2.05) is 6.07 Å². The van der Waals surface area contributed by atoms with E-state index in [1.165, 1.54) is 0 Å². The fraction of sp³-hybridized carbons (Fsp3) is 0.174. The van der Waals surface area contributed by atoms with Crippen molar-refractivity contribution < 1.29 is 13.9 Å². The lowest BCUT2D eigenvalue weighted by Gasteiger charge is -2.20. The molecule has 0 N–H and O–H groups in total. The standard InChI is InChI=1S/C23H18ClNO4/c1-3-28-22(26)14(2)18(15-8-10-16(24)11-9-15)12-19-17-6-4-5-7-21(17)29-23(27)20(19)13-25/h4-11,18H,2-3,12H2,1H3/t18-/m0/s1. The molecule has 1 atom stereocenters. The van der Waals surface area contributed by atoms with Crippen LogP contribution in [0.5, 0.6) is 0 Å². The van der Waals surface area contributed by atoms with Gasteiger partial charge in [0, 0.05) is 21.9 Å². The number of nitriles is 1. The number of hydrogen-bond donors (Lipinski definition) is 0. The van der Waals surface area contributed by atoms with Crippen LogP contribution < -0.4 is 5.63 Å². The van der Waals surface area contributed by atoms with E-state index in [9.17, 15) is 14.9 Å². The Kier molecular flexibility index (Phi) is 6.16. The van der Waals surface area contributed by atoms with Gasteiger partial charge in [-0.2, -0.15) is 5.26 Å². The Morgan fingerprint density at radius 1 is 1.24 bits per heavy atom. The Morgan fingerprint density at radius 2 is 1.93 bits per heavy atom. The molecule has 0 bridgehead atoms. The van der Waals surface area contributed by atoms with Crippen LogP contribution >= 0.6 is 11.6 Å². The Balaban J connectivity index is 2.17. The summed E-state index contributed by atoms with van der Waals surface area (Å²) in [5.41, 5.74) is 1.09. The van der Waals surface area contributed by atoms with Crippen LogP contribution in [0.15, 0.2) is 69.9 Å². The highest BCUT2D eigenvalue weighted by Gasteiger charge is 2.26. The number of hydrogen-bond acceptors (Lipinski definition) is 5. The number of carbonyl (C=O) groups is 1. The maximum absolute atomic E-state index is 12.4. The van der Waals surface area contributed by atoms with Gasteiger partial charge in [0.15, 0.2) is 0 Å². The number of rotatable bonds is 6. The summed E-state index contributed by atoms with van der Waals surface area (Å²) < 4.78 is 10.4. The largest absolute Gasteiger partial charge is 0.463 e. The van der Waals surface area contributed by atoms with Crippen LogP contribution in [-0.4, -0.2) is 12.6 Å². The Labute approximate surface area is 172 Å². The Hall–Kier alpha value is -3.36. The first-order valence-corrected chi connectivity index (χ1v) is 9.40. The molecule has 0 amide bonds. The predicted octanol–water partition coefficient (Wildman–Crippen LogP) is 4.76. The second-order valence-electron chi connectivity index (χ2n) is 6.41. The van der Waals surface area contributed by atoms with E-state index in [0.717, 1.165) is 5.56 Å². The summed E-state index contributed by atoms with van der Waals surface area (Å²) in [6.45, 7) is 5.86. The smallest absolute Gasteiger partial charge is 0.354 e. The average molecular weight is 408 g/mol. The minimum Gasteiger partial charge on any atom is -0.463 e. The van der Waals surface area contributed by atoms with Crippen molar-refractivity contribution in [3.8, 4) is 6.07 Å². The van der Waals surface area contributed by atoms with Gasteiger partial charge in [-0.3, -0.25) is 0 Å². The van der Waals surface area contributed by atoms with Crippen molar-refractivity contribution in [3.63, 3.8) is 0 Å². The van der Waals surface area contributed by atoms with E-state index in [0.29, 0.717) is 21.6 Å². The average Bonchev–Trinajstić information content (AvgIpc) is 2.72. The van der Waals surface area contributed by atoms with Gasteiger partial charge in [0.25, 0.3) is 0 Å². The van der Waals surface area contributed by atoms with Gasteiger partial charge in [0.05, 0.1) is 6.61 Å². The molecular formula is C23H18ClNO4. The van der Waals surface area contributed by atoms with Crippen molar-refractivity contribution in [2.24, 2.45) is 0 Å². The first kappa shape index (κ1) is 20.4. The molecule has 2 aromatic carbocycles. The predicted molar refractivity (Wildman–Crippen MR) is 111 cm³/mol. The molecule has 0 aliphatic carbocycles. The van der Waals surface area contributed by atoms with Gasteiger partial charge in [-0.15, -0.1) is 0 Å². The van der Waals surface area contributed by atoms with Crippen LogP contribution in [-0.2, 0) is 16.0 Å². The van der Waals surface area contributed by atoms with E-state index < -0.39 is 17.5 Å².